The summed E-state index contributed by atoms with van der Waals surface area (Å²) in [7, 11) is 0. The monoisotopic (exact) mass is 273 g/mol. The molecule has 1 aromatic carbocycles. The molecule has 3 N–H and O–H groups in total. The molecule has 106 valence electrons. The lowest BCUT2D eigenvalue weighted by Gasteiger charge is -2.30. The third-order valence-electron chi connectivity index (χ3n) is 4.32. The molecule has 3 rings (SSSR count). The lowest BCUT2D eigenvalue weighted by atomic mass is 9.85. The van der Waals surface area contributed by atoms with Gasteiger partial charge in [0.25, 0.3) is 0 Å². The van der Waals surface area contributed by atoms with E-state index in [1.54, 1.807) is 6.20 Å². The number of pyridine rings is 1. The zero-order valence-corrected chi connectivity index (χ0v) is 11.7. The van der Waals surface area contributed by atoms with Crippen LogP contribution >= 0.6 is 0 Å². The second kappa shape index (κ2) is 5.27. The summed E-state index contributed by atoms with van der Waals surface area (Å²) in [6.07, 6.45) is 6.42. The molecule has 1 aliphatic carbocycles. The third kappa shape index (κ3) is 2.30. The van der Waals surface area contributed by atoms with Crippen LogP contribution in [-0.4, -0.2) is 11.0 Å². The molecule has 2 atom stereocenters. The van der Waals surface area contributed by atoms with Crippen LogP contribution in [0.2, 0.25) is 0 Å². The Labute approximate surface area is 118 Å². The molecular weight excluding hydrogens is 253 g/mol. The van der Waals surface area contributed by atoms with Crippen LogP contribution in [0.3, 0.4) is 0 Å². The van der Waals surface area contributed by atoms with E-state index in [1.807, 2.05) is 12.1 Å². The van der Waals surface area contributed by atoms with Gasteiger partial charge in [-0.2, -0.15) is 0 Å². The van der Waals surface area contributed by atoms with E-state index in [1.165, 1.54) is 25.3 Å². The van der Waals surface area contributed by atoms with E-state index in [-0.39, 0.29) is 5.82 Å². The Morgan fingerprint density at radius 1 is 1.35 bits per heavy atom. The minimum absolute atomic E-state index is 0.312. The predicted octanol–water partition coefficient (Wildman–Crippen LogP) is 3.95. The zero-order valence-electron chi connectivity index (χ0n) is 11.7. The Kier molecular flexibility index (Phi) is 3.47. The smallest absolute Gasteiger partial charge is 0.150 e. The minimum Gasteiger partial charge on any atom is -0.398 e. The normalized spacial score (nSPS) is 22.9. The number of nitrogen functional groups attached to an aromatic ring is 1. The van der Waals surface area contributed by atoms with Gasteiger partial charge in [0.1, 0.15) is 0 Å². The molecule has 1 fully saturated rings. The van der Waals surface area contributed by atoms with Crippen LogP contribution < -0.4 is 11.1 Å². The van der Waals surface area contributed by atoms with Gasteiger partial charge in [-0.3, -0.25) is 4.98 Å². The highest BCUT2D eigenvalue weighted by atomic mass is 19.1. The van der Waals surface area contributed by atoms with Gasteiger partial charge >= 0.3 is 0 Å². The maximum Gasteiger partial charge on any atom is 0.150 e. The molecule has 0 amide bonds. The highest BCUT2D eigenvalue weighted by molar-refractivity contribution is 5.98. The molecule has 3 nitrogen and oxygen atoms in total. The van der Waals surface area contributed by atoms with Crippen LogP contribution in [0.25, 0.3) is 10.9 Å². The number of nitrogens with two attached hydrogens (primary N) is 1. The maximum absolute atomic E-state index is 14.3. The Hall–Kier alpha value is -1.84. The van der Waals surface area contributed by atoms with Crippen molar-refractivity contribution in [2.24, 2.45) is 5.92 Å². The summed E-state index contributed by atoms with van der Waals surface area (Å²) in [5, 5.41) is 4.18. The van der Waals surface area contributed by atoms with Gasteiger partial charge in [0.05, 0.1) is 11.2 Å². The number of aromatic nitrogens is 1. The van der Waals surface area contributed by atoms with Crippen molar-refractivity contribution in [1.82, 2.24) is 4.98 Å². The molecule has 0 aliphatic heterocycles. The number of anilines is 2. The first kappa shape index (κ1) is 13.2. The van der Waals surface area contributed by atoms with Crippen molar-refractivity contribution < 1.29 is 4.39 Å². The molecule has 4 heteroatoms. The number of hydrogen-bond acceptors (Lipinski definition) is 3. The van der Waals surface area contributed by atoms with Gasteiger partial charge in [0.2, 0.25) is 0 Å². The zero-order chi connectivity index (χ0) is 14.1. The van der Waals surface area contributed by atoms with E-state index in [2.05, 4.69) is 17.2 Å². The third-order valence-corrected chi connectivity index (χ3v) is 4.32. The van der Waals surface area contributed by atoms with Crippen LogP contribution in [0.15, 0.2) is 24.4 Å². The van der Waals surface area contributed by atoms with Gasteiger partial charge < -0.3 is 11.1 Å². The van der Waals surface area contributed by atoms with E-state index < -0.39 is 0 Å². The average molecular weight is 273 g/mol. The van der Waals surface area contributed by atoms with Crippen molar-refractivity contribution in [3.8, 4) is 0 Å². The summed E-state index contributed by atoms with van der Waals surface area (Å²) >= 11 is 0. The standard InChI is InChI=1S/C16H20FN3/c1-10-5-2-3-7-14(10)20-16-12(17)9-13(18)11-6-4-8-19-15(11)16/h4,6,8-10,14,20H,2-3,5,7,18H2,1H3. The Bertz CT molecular complexity index is 626. The van der Waals surface area contributed by atoms with Crippen LogP contribution in [0, 0.1) is 11.7 Å². The van der Waals surface area contributed by atoms with E-state index in [0.29, 0.717) is 28.9 Å². The first-order valence-electron chi connectivity index (χ1n) is 7.26. The fraction of sp³-hybridized carbons (Fsp3) is 0.438. The first-order valence-corrected chi connectivity index (χ1v) is 7.26. The molecular formula is C16H20FN3. The van der Waals surface area contributed by atoms with Crippen molar-refractivity contribution in [3.63, 3.8) is 0 Å². The van der Waals surface area contributed by atoms with Gasteiger partial charge in [-0.1, -0.05) is 19.8 Å². The molecule has 0 bridgehead atoms. The summed E-state index contributed by atoms with van der Waals surface area (Å²) in [4.78, 5) is 4.31. The van der Waals surface area contributed by atoms with E-state index in [0.717, 1.165) is 11.8 Å². The summed E-state index contributed by atoms with van der Waals surface area (Å²) < 4.78 is 14.3. The summed E-state index contributed by atoms with van der Waals surface area (Å²) in [5.74, 6) is 0.242. The second-order valence-corrected chi connectivity index (χ2v) is 5.73. The summed E-state index contributed by atoms with van der Waals surface area (Å²) in [5.41, 5.74) is 7.44. The molecule has 0 saturated heterocycles. The van der Waals surface area contributed by atoms with Crippen molar-refractivity contribution in [3.05, 3.63) is 30.2 Å². The second-order valence-electron chi connectivity index (χ2n) is 5.73. The van der Waals surface area contributed by atoms with Crippen molar-refractivity contribution in [2.75, 3.05) is 11.1 Å². The summed E-state index contributed by atoms with van der Waals surface area (Å²) in [6, 6.07) is 5.41. The Balaban J connectivity index is 2.02. The molecule has 2 unspecified atom stereocenters. The average Bonchev–Trinajstić information content (AvgIpc) is 2.45. The quantitative estimate of drug-likeness (QED) is 0.815. The largest absolute Gasteiger partial charge is 0.398 e. The molecule has 1 saturated carbocycles. The summed E-state index contributed by atoms with van der Waals surface area (Å²) in [6.45, 7) is 2.22. The van der Waals surface area contributed by atoms with Crippen molar-refractivity contribution in [2.45, 2.75) is 38.6 Å². The number of benzene rings is 1. The number of nitrogens with one attached hydrogen (secondary N) is 1. The highest BCUT2D eigenvalue weighted by Gasteiger charge is 2.23. The number of hydrogen-bond donors (Lipinski definition) is 2. The molecule has 0 radical (unpaired) electrons. The molecule has 1 aliphatic rings. The topological polar surface area (TPSA) is 50.9 Å². The Morgan fingerprint density at radius 3 is 2.95 bits per heavy atom. The molecule has 2 aromatic rings. The van der Waals surface area contributed by atoms with Crippen molar-refractivity contribution >= 4 is 22.3 Å². The lowest BCUT2D eigenvalue weighted by molar-refractivity contribution is 0.349. The van der Waals surface area contributed by atoms with E-state index >= 15 is 0 Å². The molecule has 20 heavy (non-hydrogen) atoms. The predicted molar refractivity (Wildman–Crippen MR) is 81.2 cm³/mol. The molecule has 1 heterocycles. The fourth-order valence-corrected chi connectivity index (χ4v) is 3.09. The number of nitrogens with zero attached hydrogens (tertiary/aromatic N) is 1. The Morgan fingerprint density at radius 2 is 2.15 bits per heavy atom. The van der Waals surface area contributed by atoms with Gasteiger partial charge in [0, 0.05) is 23.3 Å². The minimum atomic E-state index is -0.313. The highest BCUT2D eigenvalue weighted by Crippen LogP contribution is 2.33. The number of halogens is 1. The van der Waals surface area contributed by atoms with Gasteiger partial charge in [0.15, 0.2) is 5.82 Å². The number of fused-ring (bicyclic) bond motifs is 1. The van der Waals surface area contributed by atoms with Gasteiger partial charge in [-0.05, 0) is 37.0 Å². The number of rotatable bonds is 2. The van der Waals surface area contributed by atoms with Crippen LogP contribution in [0.1, 0.15) is 32.6 Å². The maximum atomic E-state index is 14.3. The van der Waals surface area contributed by atoms with Gasteiger partial charge in [-0.25, -0.2) is 4.39 Å². The van der Waals surface area contributed by atoms with E-state index in [4.69, 9.17) is 5.73 Å². The lowest BCUT2D eigenvalue weighted by Crippen LogP contribution is -2.30. The molecule has 0 spiro atoms. The molecule has 1 aromatic heterocycles. The fourth-order valence-electron chi connectivity index (χ4n) is 3.09. The van der Waals surface area contributed by atoms with Crippen LogP contribution in [0.5, 0.6) is 0 Å². The van der Waals surface area contributed by atoms with Crippen molar-refractivity contribution in [1.29, 1.82) is 0 Å². The SMILES string of the molecule is CC1CCCCC1Nc1c(F)cc(N)c2cccnc12. The van der Waals surface area contributed by atoms with Gasteiger partial charge in [-0.15, -0.1) is 0 Å². The van der Waals surface area contributed by atoms with E-state index in [9.17, 15) is 4.39 Å². The van der Waals surface area contributed by atoms with Crippen LogP contribution in [0.4, 0.5) is 15.8 Å². The van der Waals surface area contributed by atoms with Crippen LogP contribution in [-0.2, 0) is 0 Å². The first-order chi connectivity index (χ1) is 9.66.